The second kappa shape index (κ2) is 10.2. The molecular formula is C22H26O3S3. The topological polar surface area (TPSA) is 27.7 Å². The van der Waals surface area contributed by atoms with Gasteiger partial charge in [-0.15, -0.1) is 0 Å². The predicted octanol–water partition coefficient (Wildman–Crippen LogP) is 7.32. The van der Waals surface area contributed by atoms with E-state index in [1.54, 1.807) is 0 Å². The molecule has 0 atom stereocenters. The Balaban J connectivity index is 2.82. The predicted molar refractivity (Wildman–Crippen MR) is 128 cm³/mol. The Morgan fingerprint density at radius 3 is 2.11 bits per heavy atom. The average Bonchev–Trinajstić information content (AvgIpc) is 2.71. The zero-order chi connectivity index (χ0) is 20.8. The maximum Gasteiger partial charge on any atom is 0.148 e. The Bertz CT molecular complexity index is 918. The highest BCUT2D eigenvalue weighted by Gasteiger charge is 2.22. The summed E-state index contributed by atoms with van der Waals surface area (Å²) in [5, 5.41) is 0. The van der Waals surface area contributed by atoms with Crippen LogP contribution in [0.3, 0.4) is 0 Å². The van der Waals surface area contributed by atoms with E-state index in [2.05, 4.69) is 63.9 Å². The lowest BCUT2D eigenvalue weighted by Crippen LogP contribution is -1.99. The van der Waals surface area contributed by atoms with Crippen LogP contribution in [-0.2, 0) is 0 Å². The van der Waals surface area contributed by atoms with Gasteiger partial charge in [-0.25, -0.2) is 0 Å². The minimum atomic E-state index is 0.682. The van der Waals surface area contributed by atoms with Gasteiger partial charge in [-0.05, 0) is 68.5 Å². The fraction of sp³-hybridized carbons (Fsp3) is 0.273. The van der Waals surface area contributed by atoms with E-state index >= 15 is 0 Å². The van der Waals surface area contributed by atoms with E-state index in [-0.39, 0.29) is 0 Å². The van der Waals surface area contributed by atoms with Crippen molar-refractivity contribution in [2.24, 2.45) is 0 Å². The molecule has 0 heterocycles. The van der Waals surface area contributed by atoms with Crippen molar-refractivity contribution >= 4 is 44.3 Å². The quantitative estimate of drug-likeness (QED) is 0.242. The third kappa shape index (κ3) is 4.34. The summed E-state index contributed by atoms with van der Waals surface area (Å²) >= 11 is 12.2. The second-order valence-corrected chi connectivity index (χ2v) is 7.00. The van der Waals surface area contributed by atoms with Crippen molar-refractivity contribution in [1.29, 1.82) is 0 Å². The first-order valence-electron chi connectivity index (χ1n) is 9.00. The van der Waals surface area contributed by atoms with Gasteiger partial charge in [0.1, 0.15) is 17.2 Å². The molecule has 0 amide bonds. The fourth-order valence-electron chi connectivity index (χ4n) is 3.27. The Hall–Kier alpha value is -1.63. The van der Waals surface area contributed by atoms with Gasteiger partial charge in [0.25, 0.3) is 0 Å². The molecule has 0 aliphatic rings. The SMILES string of the molecule is C/C=C(\C=C/CC)c1cc(-c2c(C)c(OS)c(C)c(C)c2OS)ccc1OS. The minimum Gasteiger partial charge on any atom is -0.428 e. The van der Waals surface area contributed by atoms with E-state index in [0.29, 0.717) is 11.5 Å². The Labute approximate surface area is 184 Å². The van der Waals surface area contributed by atoms with Crippen molar-refractivity contribution < 1.29 is 12.5 Å². The highest BCUT2D eigenvalue weighted by molar-refractivity contribution is 7.75. The zero-order valence-corrected chi connectivity index (χ0v) is 19.4. The minimum absolute atomic E-state index is 0.682. The van der Waals surface area contributed by atoms with Crippen LogP contribution in [0.15, 0.2) is 36.4 Å². The second-order valence-electron chi connectivity index (χ2n) is 6.45. The van der Waals surface area contributed by atoms with Gasteiger partial charge in [0.2, 0.25) is 0 Å². The summed E-state index contributed by atoms with van der Waals surface area (Å²) in [5.41, 5.74) is 6.71. The fourth-order valence-corrected chi connectivity index (χ4v) is 3.93. The summed E-state index contributed by atoms with van der Waals surface area (Å²) in [5.74, 6) is 2.10. The van der Waals surface area contributed by atoms with E-state index in [4.69, 9.17) is 12.5 Å². The number of benzene rings is 2. The largest absolute Gasteiger partial charge is 0.428 e. The van der Waals surface area contributed by atoms with E-state index in [1.807, 2.05) is 45.9 Å². The van der Waals surface area contributed by atoms with Crippen LogP contribution in [0.25, 0.3) is 16.7 Å². The van der Waals surface area contributed by atoms with Gasteiger partial charge < -0.3 is 12.5 Å². The number of hydrogen-bond acceptors (Lipinski definition) is 6. The molecule has 3 nitrogen and oxygen atoms in total. The normalized spacial score (nSPS) is 11.8. The Kier molecular flexibility index (Phi) is 8.28. The van der Waals surface area contributed by atoms with E-state index < -0.39 is 0 Å². The summed E-state index contributed by atoms with van der Waals surface area (Å²) in [6.45, 7) is 10.0. The molecule has 0 bridgehead atoms. The van der Waals surface area contributed by atoms with Gasteiger partial charge in [-0.2, -0.15) is 0 Å². The van der Waals surface area contributed by atoms with Crippen LogP contribution in [0.4, 0.5) is 0 Å². The molecule has 0 saturated carbocycles. The van der Waals surface area contributed by atoms with Crippen molar-refractivity contribution in [3.05, 3.63) is 58.7 Å². The summed E-state index contributed by atoms with van der Waals surface area (Å²) in [7, 11) is 0. The molecule has 0 fully saturated rings. The van der Waals surface area contributed by atoms with Crippen molar-refractivity contribution in [1.82, 2.24) is 0 Å². The molecule has 0 aromatic heterocycles. The van der Waals surface area contributed by atoms with Crippen molar-refractivity contribution in [2.45, 2.75) is 41.0 Å². The molecule has 0 saturated heterocycles. The highest BCUT2D eigenvalue weighted by atomic mass is 32.1. The van der Waals surface area contributed by atoms with Gasteiger partial charge in [-0.1, -0.05) is 31.2 Å². The maximum absolute atomic E-state index is 5.48. The van der Waals surface area contributed by atoms with E-state index in [0.717, 1.165) is 51.1 Å². The molecule has 150 valence electrons. The molecule has 0 radical (unpaired) electrons. The monoisotopic (exact) mass is 434 g/mol. The van der Waals surface area contributed by atoms with Crippen LogP contribution in [-0.4, -0.2) is 0 Å². The van der Waals surface area contributed by atoms with Gasteiger partial charge in [-0.3, -0.25) is 0 Å². The van der Waals surface area contributed by atoms with Crippen molar-refractivity contribution in [2.75, 3.05) is 0 Å². The van der Waals surface area contributed by atoms with Crippen LogP contribution in [0, 0.1) is 20.8 Å². The van der Waals surface area contributed by atoms with Crippen molar-refractivity contribution in [3.63, 3.8) is 0 Å². The van der Waals surface area contributed by atoms with Crippen LogP contribution < -0.4 is 12.5 Å². The number of rotatable bonds is 7. The molecule has 28 heavy (non-hydrogen) atoms. The first-order valence-corrected chi connectivity index (χ1v) is 10.1. The summed E-state index contributed by atoms with van der Waals surface area (Å²) < 4.78 is 16.2. The Morgan fingerprint density at radius 2 is 1.57 bits per heavy atom. The summed E-state index contributed by atoms with van der Waals surface area (Å²) in [6.07, 6.45) is 7.19. The lowest BCUT2D eigenvalue weighted by molar-refractivity contribution is 0.625. The molecule has 0 spiro atoms. The zero-order valence-electron chi connectivity index (χ0n) is 16.7. The highest BCUT2D eigenvalue weighted by Crippen LogP contribution is 2.45. The lowest BCUT2D eigenvalue weighted by atomic mass is 9.90. The molecular weight excluding hydrogens is 408 g/mol. The molecule has 0 N–H and O–H groups in total. The number of thiol groups is 3. The first-order chi connectivity index (χ1) is 13.4. The van der Waals surface area contributed by atoms with Crippen molar-refractivity contribution in [3.8, 4) is 28.4 Å². The van der Waals surface area contributed by atoms with E-state index in [1.165, 1.54) is 0 Å². The van der Waals surface area contributed by atoms with Crippen LogP contribution in [0.2, 0.25) is 0 Å². The first kappa shape index (κ1) is 22.7. The average molecular weight is 435 g/mol. The molecule has 2 aromatic carbocycles. The van der Waals surface area contributed by atoms with E-state index in [9.17, 15) is 0 Å². The standard InChI is InChI=1S/C22H26O3S3/c1-6-8-9-16(7-2)18-12-17(10-11-19(18)23-26)20-15(5)21(24-27)13(3)14(4)22(20)25-28/h7-12,26-28H,6H2,1-5H3/b9-8-,16-7+. The molecule has 6 heteroatoms. The smallest absolute Gasteiger partial charge is 0.148 e. The van der Waals surface area contributed by atoms with Crippen LogP contribution in [0.5, 0.6) is 17.2 Å². The molecule has 2 aromatic rings. The van der Waals surface area contributed by atoms with Gasteiger partial charge in [0.15, 0.2) is 0 Å². The lowest BCUT2D eigenvalue weighted by Gasteiger charge is -2.20. The molecule has 0 aliphatic carbocycles. The molecule has 0 aliphatic heterocycles. The summed E-state index contributed by atoms with van der Waals surface area (Å²) in [4.78, 5) is 0. The number of allylic oxidation sites excluding steroid dienone is 4. The van der Waals surface area contributed by atoms with Gasteiger partial charge in [0, 0.05) is 55.4 Å². The molecule has 2 rings (SSSR count). The third-order valence-electron chi connectivity index (χ3n) is 4.89. The maximum atomic E-state index is 5.48. The van der Waals surface area contributed by atoms with Crippen LogP contribution >= 0.6 is 38.7 Å². The third-order valence-corrected chi connectivity index (χ3v) is 5.45. The number of hydrogen-bond donors (Lipinski definition) is 3. The molecule has 0 unspecified atom stereocenters. The summed E-state index contributed by atoms with van der Waals surface area (Å²) in [6, 6.07) is 5.94. The van der Waals surface area contributed by atoms with Gasteiger partial charge in [0.05, 0.1) is 0 Å². The van der Waals surface area contributed by atoms with Crippen LogP contribution in [0.1, 0.15) is 42.5 Å². The van der Waals surface area contributed by atoms with Gasteiger partial charge >= 0.3 is 0 Å². The Morgan fingerprint density at radius 1 is 0.929 bits per heavy atom.